The number of likely N-dealkylation sites (tertiary alicyclic amines) is 1. The first kappa shape index (κ1) is 13.2. The molecule has 94 valence electrons. The topological polar surface area (TPSA) is 15.3 Å². The third kappa shape index (κ3) is 3.85. The Bertz CT molecular complexity index is 382. The van der Waals surface area contributed by atoms with Crippen LogP contribution >= 0.6 is 23.2 Å². The maximum absolute atomic E-state index is 6.13. The smallest absolute Gasteiger partial charge is 0.0451 e. The minimum Gasteiger partial charge on any atom is -0.309 e. The van der Waals surface area contributed by atoms with E-state index in [1.165, 1.54) is 19.4 Å². The van der Waals surface area contributed by atoms with E-state index in [1.54, 1.807) is 0 Å². The normalized spacial score (nSPS) is 21.7. The Morgan fingerprint density at radius 3 is 3.00 bits per heavy atom. The lowest BCUT2D eigenvalue weighted by Gasteiger charge is -2.30. The highest BCUT2D eigenvalue weighted by atomic mass is 35.5. The molecule has 1 unspecified atom stereocenters. The SMILES string of the molecule is CN1CCCC(NCc2cc(Cl)ccc2Cl)C1. The molecule has 1 fully saturated rings. The minimum absolute atomic E-state index is 0.559. The van der Waals surface area contributed by atoms with Crippen LogP contribution in [0.1, 0.15) is 18.4 Å². The summed E-state index contributed by atoms with van der Waals surface area (Å²) in [6.07, 6.45) is 2.50. The molecule has 2 rings (SSSR count). The van der Waals surface area contributed by atoms with Gasteiger partial charge in [-0.3, -0.25) is 0 Å². The highest BCUT2D eigenvalue weighted by Crippen LogP contribution is 2.21. The van der Waals surface area contributed by atoms with Crippen molar-refractivity contribution in [2.75, 3.05) is 20.1 Å². The maximum atomic E-state index is 6.13. The largest absolute Gasteiger partial charge is 0.309 e. The van der Waals surface area contributed by atoms with Gasteiger partial charge >= 0.3 is 0 Å². The Morgan fingerprint density at radius 2 is 2.24 bits per heavy atom. The van der Waals surface area contributed by atoms with E-state index < -0.39 is 0 Å². The van der Waals surface area contributed by atoms with Crippen molar-refractivity contribution in [1.29, 1.82) is 0 Å². The summed E-state index contributed by atoms with van der Waals surface area (Å²) in [5, 5.41) is 5.08. The molecule has 1 saturated heterocycles. The molecule has 2 nitrogen and oxygen atoms in total. The second kappa shape index (κ2) is 6.05. The van der Waals surface area contributed by atoms with E-state index in [1.807, 2.05) is 18.2 Å². The average Bonchev–Trinajstić information content (AvgIpc) is 2.30. The lowest BCUT2D eigenvalue weighted by Crippen LogP contribution is -2.43. The summed E-state index contributed by atoms with van der Waals surface area (Å²) < 4.78 is 0. The summed E-state index contributed by atoms with van der Waals surface area (Å²) in [6.45, 7) is 3.10. The third-order valence-corrected chi connectivity index (χ3v) is 3.82. The van der Waals surface area contributed by atoms with Gasteiger partial charge in [-0.1, -0.05) is 23.2 Å². The van der Waals surface area contributed by atoms with Gasteiger partial charge in [0.2, 0.25) is 0 Å². The first-order valence-corrected chi connectivity index (χ1v) is 6.76. The number of likely N-dealkylation sites (N-methyl/N-ethyl adjacent to an activating group) is 1. The zero-order chi connectivity index (χ0) is 12.3. The molecule has 0 bridgehead atoms. The monoisotopic (exact) mass is 272 g/mol. The van der Waals surface area contributed by atoms with E-state index in [2.05, 4.69) is 17.3 Å². The highest BCUT2D eigenvalue weighted by molar-refractivity contribution is 6.33. The fourth-order valence-corrected chi connectivity index (χ4v) is 2.65. The lowest BCUT2D eigenvalue weighted by molar-refractivity contribution is 0.226. The quantitative estimate of drug-likeness (QED) is 0.910. The van der Waals surface area contributed by atoms with Crippen molar-refractivity contribution < 1.29 is 0 Å². The molecular weight excluding hydrogens is 255 g/mol. The maximum Gasteiger partial charge on any atom is 0.0451 e. The second-order valence-electron chi connectivity index (χ2n) is 4.72. The summed E-state index contributed by atoms with van der Waals surface area (Å²) in [7, 11) is 2.17. The van der Waals surface area contributed by atoms with Crippen LogP contribution in [-0.4, -0.2) is 31.1 Å². The zero-order valence-electron chi connectivity index (χ0n) is 10.0. The van der Waals surface area contributed by atoms with E-state index in [4.69, 9.17) is 23.2 Å². The van der Waals surface area contributed by atoms with Crippen LogP contribution in [-0.2, 0) is 6.54 Å². The fourth-order valence-electron chi connectivity index (χ4n) is 2.27. The summed E-state index contributed by atoms with van der Waals surface area (Å²) in [5.41, 5.74) is 1.08. The van der Waals surface area contributed by atoms with Crippen LogP contribution in [0, 0.1) is 0 Å². The third-order valence-electron chi connectivity index (χ3n) is 3.21. The lowest BCUT2D eigenvalue weighted by atomic mass is 10.1. The van der Waals surface area contributed by atoms with Gasteiger partial charge in [0.15, 0.2) is 0 Å². The van der Waals surface area contributed by atoms with Crippen LogP contribution in [0.15, 0.2) is 18.2 Å². The van der Waals surface area contributed by atoms with Gasteiger partial charge in [0.05, 0.1) is 0 Å². The van der Waals surface area contributed by atoms with E-state index in [0.717, 1.165) is 28.7 Å². The number of nitrogens with one attached hydrogen (secondary N) is 1. The standard InChI is InChI=1S/C13H18Cl2N2/c1-17-6-2-3-12(9-17)16-8-10-7-11(14)4-5-13(10)15/h4-5,7,12,16H,2-3,6,8-9H2,1H3. The van der Waals surface area contributed by atoms with Crippen LogP contribution in [0.4, 0.5) is 0 Å². The van der Waals surface area contributed by atoms with Crippen LogP contribution in [0.2, 0.25) is 10.0 Å². The Kier molecular flexibility index (Phi) is 4.69. The molecule has 1 aromatic rings. The van der Waals surface area contributed by atoms with Crippen LogP contribution < -0.4 is 5.32 Å². The van der Waals surface area contributed by atoms with Crippen molar-refractivity contribution >= 4 is 23.2 Å². The van der Waals surface area contributed by atoms with Crippen molar-refractivity contribution in [3.05, 3.63) is 33.8 Å². The predicted octanol–water partition coefficient (Wildman–Crippen LogP) is 3.18. The molecular formula is C13H18Cl2N2. The minimum atomic E-state index is 0.559. The molecule has 1 aliphatic heterocycles. The molecule has 0 amide bonds. The molecule has 0 saturated carbocycles. The van der Waals surface area contributed by atoms with Crippen LogP contribution in [0.3, 0.4) is 0 Å². The number of piperidine rings is 1. The zero-order valence-corrected chi connectivity index (χ0v) is 11.6. The molecule has 0 spiro atoms. The molecule has 1 heterocycles. The van der Waals surface area contributed by atoms with Crippen molar-refractivity contribution in [1.82, 2.24) is 10.2 Å². The molecule has 0 aromatic heterocycles. The van der Waals surface area contributed by atoms with E-state index in [9.17, 15) is 0 Å². The molecule has 0 aliphatic carbocycles. The number of rotatable bonds is 3. The number of hydrogen-bond donors (Lipinski definition) is 1. The van der Waals surface area contributed by atoms with Crippen LogP contribution in [0.25, 0.3) is 0 Å². The summed E-state index contributed by atoms with van der Waals surface area (Å²) in [5.74, 6) is 0. The van der Waals surface area contributed by atoms with Gasteiger partial charge in [-0.15, -0.1) is 0 Å². The Hall–Kier alpha value is -0.280. The van der Waals surface area contributed by atoms with Crippen molar-refractivity contribution in [2.45, 2.75) is 25.4 Å². The van der Waals surface area contributed by atoms with Gasteiger partial charge in [0, 0.05) is 29.2 Å². The van der Waals surface area contributed by atoms with E-state index in [0.29, 0.717) is 6.04 Å². The Morgan fingerprint density at radius 1 is 1.41 bits per heavy atom. The van der Waals surface area contributed by atoms with Gasteiger partial charge in [-0.25, -0.2) is 0 Å². The van der Waals surface area contributed by atoms with Crippen molar-refractivity contribution in [3.8, 4) is 0 Å². The van der Waals surface area contributed by atoms with Crippen molar-refractivity contribution in [2.24, 2.45) is 0 Å². The summed E-state index contributed by atoms with van der Waals surface area (Å²) >= 11 is 12.1. The summed E-state index contributed by atoms with van der Waals surface area (Å²) in [6, 6.07) is 6.17. The molecule has 4 heteroatoms. The highest BCUT2D eigenvalue weighted by Gasteiger charge is 2.16. The Balaban J connectivity index is 1.90. The van der Waals surface area contributed by atoms with Crippen LogP contribution in [0.5, 0.6) is 0 Å². The molecule has 0 radical (unpaired) electrons. The number of nitrogens with zero attached hydrogens (tertiary/aromatic N) is 1. The molecule has 1 aromatic carbocycles. The van der Waals surface area contributed by atoms with E-state index >= 15 is 0 Å². The number of benzene rings is 1. The average molecular weight is 273 g/mol. The second-order valence-corrected chi connectivity index (χ2v) is 5.56. The Labute approximate surface area is 113 Å². The predicted molar refractivity (Wildman–Crippen MR) is 73.8 cm³/mol. The number of halogens is 2. The van der Waals surface area contributed by atoms with Gasteiger partial charge in [0.1, 0.15) is 0 Å². The van der Waals surface area contributed by atoms with Gasteiger partial charge in [-0.2, -0.15) is 0 Å². The summed E-state index contributed by atoms with van der Waals surface area (Å²) in [4.78, 5) is 2.36. The fraction of sp³-hybridized carbons (Fsp3) is 0.538. The van der Waals surface area contributed by atoms with Gasteiger partial charge in [-0.05, 0) is 50.2 Å². The van der Waals surface area contributed by atoms with E-state index in [-0.39, 0.29) is 0 Å². The molecule has 1 N–H and O–H groups in total. The van der Waals surface area contributed by atoms with Gasteiger partial charge in [0.25, 0.3) is 0 Å². The van der Waals surface area contributed by atoms with Gasteiger partial charge < -0.3 is 10.2 Å². The molecule has 17 heavy (non-hydrogen) atoms. The number of hydrogen-bond acceptors (Lipinski definition) is 2. The molecule has 1 atom stereocenters. The first-order valence-electron chi connectivity index (χ1n) is 6.01. The molecule has 1 aliphatic rings. The van der Waals surface area contributed by atoms with Crippen molar-refractivity contribution in [3.63, 3.8) is 0 Å². The first-order chi connectivity index (χ1) is 8.15.